The zero-order chi connectivity index (χ0) is 23.1. The summed E-state index contributed by atoms with van der Waals surface area (Å²) in [6.45, 7) is 0. The van der Waals surface area contributed by atoms with Crippen molar-refractivity contribution in [3.63, 3.8) is 0 Å². The van der Waals surface area contributed by atoms with Gasteiger partial charge in [0.05, 0.1) is 24.6 Å². The van der Waals surface area contributed by atoms with Gasteiger partial charge in [-0.25, -0.2) is 5.01 Å². The Morgan fingerprint density at radius 2 is 1.79 bits per heavy atom. The van der Waals surface area contributed by atoms with Gasteiger partial charge in [0, 0.05) is 18.4 Å². The highest BCUT2D eigenvalue weighted by molar-refractivity contribution is 7.99. The molecular formula is C26H27N5O2S. The molecular weight excluding hydrogens is 446 g/mol. The molecule has 1 amide bonds. The maximum atomic E-state index is 13.5. The number of hydrazone groups is 1. The van der Waals surface area contributed by atoms with Crippen LogP contribution in [0.4, 0.5) is 0 Å². The summed E-state index contributed by atoms with van der Waals surface area (Å²) in [4.78, 5) is 13.5. The van der Waals surface area contributed by atoms with Gasteiger partial charge in [-0.15, -0.1) is 10.2 Å². The lowest BCUT2D eigenvalue weighted by Gasteiger charge is -2.22. The standard InChI is InChI=1S/C26H27N5O2S/c1-33-21-13-9-18(10-14-21)23-15-22(17-5-3-2-4-6-17)29-31(23)24(32)16-34-26-28-27-25(19-7-8-19)30(26)20-11-12-20/h2-6,9-10,13-14,19-20,23H,7-8,11-12,15-16H2,1H3/t23-/m0/s1. The van der Waals surface area contributed by atoms with Crippen LogP contribution in [0, 0.1) is 0 Å². The molecule has 2 saturated carbocycles. The molecule has 8 heteroatoms. The molecule has 0 bridgehead atoms. The Bertz CT molecular complexity index is 1220. The van der Waals surface area contributed by atoms with Crippen LogP contribution in [0.2, 0.25) is 0 Å². The van der Waals surface area contributed by atoms with Gasteiger partial charge in [0.15, 0.2) is 5.16 Å². The molecule has 1 aliphatic heterocycles. The van der Waals surface area contributed by atoms with Crippen LogP contribution >= 0.6 is 11.8 Å². The summed E-state index contributed by atoms with van der Waals surface area (Å²) in [5, 5.41) is 16.3. The van der Waals surface area contributed by atoms with Crippen LogP contribution in [0.15, 0.2) is 64.9 Å². The summed E-state index contributed by atoms with van der Waals surface area (Å²) in [6, 6.07) is 18.4. The number of rotatable bonds is 8. The number of carbonyl (C=O) groups is 1. The van der Waals surface area contributed by atoms with Crippen LogP contribution in [0.5, 0.6) is 5.75 Å². The van der Waals surface area contributed by atoms with Gasteiger partial charge in [-0.2, -0.15) is 5.10 Å². The SMILES string of the molecule is COc1ccc([C@@H]2CC(c3ccccc3)=NN2C(=O)CSc2nnc(C3CC3)n2C2CC2)cc1. The first-order valence-corrected chi connectivity index (χ1v) is 12.9. The highest BCUT2D eigenvalue weighted by Gasteiger charge is 2.37. The largest absolute Gasteiger partial charge is 0.497 e. The fourth-order valence-electron chi connectivity index (χ4n) is 4.51. The second-order valence-corrected chi connectivity index (χ2v) is 10.1. The zero-order valence-electron chi connectivity index (χ0n) is 19.1. The lowest BCUT2D eigenvalue weighted by molar-refractivity contribution is -0.130. The summed E-state index contributed by atoms with van der Waals surface area (Å²) in [6.07, 6.45) is 5.42. The van der Waals surface area contributed by atoms with E-state index in [2.05, 4.69) is 14.8 Å². The fraction of sp³-hybridized carbons (Fsp3) is 0.385. The van der Waals surface area contributed by atoms with E-state index in [-0.39, 0.29) is 17.7 Å². The number of methoxy groups -OCH3 is 1. The lowest BCUT2D eigenvalue weighted by atomic mass is 9.98. The van der Waals surface area contributed by atoms with Crippen molar-refractivity contribution in [2.45, 2.75) is 55.3 Å². The fourth-order valence-corrected chi connectivity index (χ4v) is 5.37. The number of benzene rings is 2. The molecule has 2 heterocycles. The van der Waals surface area contributed by atoms with Crippen LogP contribution in [-0.4, -0.2) is 44.3 Å². The van der Waals surface area contributed by atoms with Crippen molar-refractivity contribution in [1.82, 2.24) is 19.8 Å². The summed E-state index contributed by atoms with van der Waals surface area (Å²) in [5.74, 6) is 2.72. The summed E-state index contributed by atoms with van der Waals surface area (Å²) >= 11 is 1.49. The molecule has 3 aliphatic rings. The third kappa shape index (κ3) is 4.22. The number of thioether (sulfide) groups is 1. The van der Waals surface area contributed by atoms with Crippen molar-refractivity contribution < 1.29 is 9.53 Å². The molecule has 0 spiro atoms. The van der Waals surface area contributed by atoms with Crippen molar-refractivity contribution in [2.75, 3.05) is 12.9 Å². The Balaban J connectivity index is 1.24. The predicted octanol–water partition coefficient (Wildman–Crippen LogP) is 4.97. The number of ether oxygens (including phenoxy) is 1. The van der Waals surface area contributed by atoms with Crippen LogP contribution in [0.1, 0.15) is 67.1 Å². The minimum absolute atomic E-state index is 0.0185. The van der Waals surface area contributed by atoms with Crippen LogP contribution < -0.4 is 4.74 Å². The quantitative estimate of drug-likeness (QED) is 0.432. The third-order valence-electron chi connectivity index (χ3n) is 6.64. The van der Waals surface area contributed by atoms with E-state index in [0.717, 1.165) is 33.6 Å². The van der Waals surface area contributed by atoms with Crippen LogP contribution in [0.3, 0.4) is 0 Å². The Labute approximate surface area is 203 Å². The van der Waals surface area contributed by atoms with Gasteiger partial charge in [0.2, 0.25) is 0 Å². The zero-order valence-corrected chi connectivity index (χ0v) is 19.9. The van der Waals surface area contributed by atoms with E-state index in [9.17, 15) is 4.79 Å². The minimum Gasteiger partial charge on any atom is -0.497 e. The molecule has 0 N–H and O–H groups in total. The first-order chi connectivity index (χ1) is 16.7. The first-order valence-electron chi connectivity index (χ1n) is 11.9. The van der Waals surface area contributed by atoms with E-state index in [0.29, 0.717) is 18.4 Å². The molecule has 174 valence electrons. The smallest absolute Gasteiger partial charge is 0.253 e. The monoisotopic (exact) mass is 473 g/mol. The van der Waals surface area contributed by atoms with E-state index < -0.39 is 0 Å². The molecule has 2 fully saturated rings. The van der Waals surface area contributed by atoms with Crippen molar-refractivity contribution in [3.8, 4) is 5.75 Å². The number of nitrogens with zero attached hydrogens (tertiary/aromatic N) is 5. The minimum atomic E-state index is -0.141. The highest BCUT2D eigenvalue weighted by atomic mass is 32.2. The van der Waals surface area contributed by atoms with Gasteiger partial charge >= 0.3 is 0 Å². The van der Waals surface area contributed by atoms with Gasteiger partial charge in [0.25, 0.3) is 5.91 Å². The molecule has 6 rings (SSSR count). The maximum absolute atomic E-state index is 13.5. The molecule has 1 aromatic heterocycles. The van der Waals surface area contributed by atoms with Crippen molar-refractivity contribution in [3.05, 3.63) is 71.5 Å². The van der Waals surface area contributed by atoms with E-state index >= 15 is 0 Å². The predicted molar refractivity (Wildman–Crippen MR) is 131 cm³/mol. The van der Waals surface area contributed by atoms with Gasteiger partial charge < -0.3 is 9.30 Å². The van der Waals surface area contributed by atoms with Gasteiger partial charge in [-0.05, 0) is 48.9 Å². The normalized spacial score (nSPS) is 19.9. The molecule has 7 nitrogen and oxygen atoms in total. The first kappa shape index (κ1) is 21.4. The molecule has 3 aromatic rings. The number of carbonyl (C=O) groups excluding carboxylic acids is 1. The number of aromatic nitrogens is 3. The Hall–Kier alpha value is -3.13. The molecule has 0 saturated heterocycles. The van der Waals surface area contributed by atoms with E-state index in [1.807, 2.05) is 54.6 Å². The lowest BCUT2D eigenvalue weighted by Crippen LogP contribution is -2.28. The average molecular weight is 474 g/mol. The number of amides is 1. The van der Waals surface area contributed by atoms with Crippen LogP contribution in [0.25, 0.3) is 0 Å². The van der Waals surface area contributed by atoms with Crippen molar-refractivity contribution in [2.24, 2.45) is 5.10 Å². The van der Waals surface area contributed by atoms with Gasteiger partial charge in [0.1, 0.15) is 11.6 Å². The van der Waals surface area contributed by atoms with Gasteiger partial charge in [-0.1, -0.05) is 54.2 Å². The molecule has 34 heavy (non-hydrogen) atoms. The Morgan fingerprint density at radius 3 is 2.47 bits per heavy atom. The van der Waals surface area contributed by atoms with E-state index in [4.69, 9.17) is 9.84 Å². The highest BCUT2D eigenvalue weighted by Crippen LogP contribution is 2.46. The Kier molecular flexibility index (Phi) is 5.61. The molecule has 1 atom stereocenters. The number of hydrogen-bond acceptors (Lipinski definition) is 6. The summed E-state index contributed by atoms with van der Waals surface area (Å²) < 4.78 is 7.61. The topological polar surface area (TPSA) is 72.6 Å². The maximum Gasteiger partial charge on any atom is 0.253 e. The van der Waals surface area contributed by atoms with E-state index in [1.165, 1.54) is 37.4 Å². The van der Waals surface area contributed by atoms with Crippen molar-refractivity contribution >= 4 is 23.4 Å². The van der Waals surface area contributed by atoms with Gasteiger partial charge in [-0.3, -0.25) is 4.79 Å². The second-order valence-electron chi connectivity index (χ2n) is 9.15. The molecule has 2 aromatic carbocycles. The Morgan fingerprint density at radius 1 is 1.03 bits per heavy atom. The molecule has 0 unspecified atom stereocenters. The molecule has 2 aliphatic carbocycles. The van der Waals surface area contributed by atoms with Crippen molar-refractivity contribution in [1.29, 1.82) is 0 Å². The molecule has 0 radical (unpaired) electrons. The summed E-state index contributed by atoms with van der Waals surface area (Å²) in [5.41, 5.74) is 3.02. The third-order valence-corrected chi connectivity index (χ3v) is 7.57. The summed E-state index contributed by atoms with van der Waals surface area (Å²) in [7, 11) is 1.66. The van der Waals surface area contributed by atoms with E-state index in [1.54, 1.807) is 12.1 Å². The average Bonchev–Trinajstić information content (AvgIpc) is 3.82. The van der Waals surface area contributed by atoms with Crippen LogP contribution in [-0.2, 0) is 4.79 Å². The number of hydrogen-bond donors (Lipinski definition) is 0. The second kappa shape index (κ2) is 8.91.